The maximum absolute atomic E-state index is 13.0. The summed E-state index contributed by atoms with van der Waals surface area (Å²) in [6.45, 7) is 5.40. The van der Waals surface area contributed by atoms with Crippen molar-refractivity contribution in [3.8, 4) is 5.75 Å². The molecule has 1 aliphatic rings. The average molecular weight is 255 g/mol. The maximum atomic E-state index is 13.0. The van der Waals surface area contributed by atoms with Crippen molar-refractivity contribution in [2.24, 2.45) is 5.41 Å². The zero-order chi connectivity index (χ0) is 13.2. The minimum atomic E-state index is -0.612. The van der Waals surface area contributed by atoms with E-state index in [4.69, 9.17) is 4.74 Å². The number of hydrogen-bond acceptors (Lipinski definition) is 2. The lowest BCUT2D eigenvalue weighted by Crippen LogP contribution is -2.35. The molecule has 1 fully saturated rings. The first-order valence-electron chi connectivity index (χ1n) is 6.27. The highest BCUT2D eigenvalue weighted by atomic mass is 19.1. The zero-order valence-corrected chi connectivity index (χ0v) is 10.8. The molecule has 0 unspecified atom stereocenters. The van der Waals surface area contributed by atoms with Crippen LogP contribution in [0.3, 0.4) is 0 Å². The number of rotatable bonds is 6. The summed E-state index contributed by atoms with van der Waals surface area (Å²) in [5, 5.41) is 3.43. The standard InChI is InChI=1S/C14H19F2NO/c1-14(2,8-17-12-3-4-12)9-18-13-6-10(15)5-11(16)7-13/h5-7,12,17H,3-4,8-9H2,1-2H3. The molecule has 0 spiro atoms. The van der Waals surface area contributed by atoms with Gasteiger partial charge in [0.15, 0.2) is 0 Å². The Morgan fingerprint density at radius 1 is 1.22 bits per heavy atom. The van der Waals surface area contributed by atoms with Gasteiger partial charge in [-0.15, -0.1) is 0 Å². The van der Waals surface area contributed by atoms with Crippen molar-refractivity contribution in [2.75, 3.05) is 13.2 Å². The fourth-order valence-corrected chi connectivity index (χ4v) is 1.65. The molecule has 2 rings (SSSR count). The van der Waals surface area contributed by atoms with Crippen LogP contribution in [0.25, 0.3) is 0 Å². The van der Waals surface area contributed by atoms with E-state index in [-0.39, 0.29) is 11.2 Å². The van der Waals surface area contributed by atoms with Crippen LogP contribution in [0.15, 0.2) is 18.2 Å². The molecule has 1 aliphatic carbocycles. The van der Waals surface area contributed by atoms with E-state index in [1.54, 1.807) is 0 Å². The zero-order valence-electron chi connectivity index (χ0n) is 10.8. The molecule has 0 bridgehead atoms. The van der Waals surface area contributed by atoms with Gasteiger partial charge in [0, 0.05) is 36.2 Å². The van der Waals surface area contributed by atoms with Crippen molar-refractivity contribution in [1.29, 1.82) is 0 Å². The summed E-state index contributed by atoms with van der Waals surface area (Å²) >= 11 is 0. The molecule has 4 heteroatoms. The average Bonchev–Trinajstić information content (AvgIpc) is 3.07. The highest BCUT2D eigenvalue weighted by Crippen LogP contribution is 2.23. The summed E-state index contributed by atoms with van der Waals surface area (Å²) in [5.74, 6) is -0.982. The van der Waals surface area contributed by atoms with Crippen LogP contribution in [0.1, 0.15) is 26.7 Å². The van der Waals surface area contributed by atoms with E-state index in [0.717, 1.165) is 12.6 Å². The molecule has 2 nitrogen and oxygen atoms in total. The van der Waals surface area contributed by atoms with E-state index in [1.807, 2.05) is 0 Å². The summed E-state index contributed by atoms with van der Waals surface area (Å²) in [5.41, 5.74) is -0.0641. The Hall–Kier alpha value is -1.16. The minimum Gasteiger partial charge on any atom is -0.493 e. The third kappa shape index (κ3) is 4.26. The molecule has 0 aromatic heterocycles. The van der Waals surface area contributed by atoms with Gasteiger partial charge in [-0.05, 0) is 12.8 Å². The van der Waals surface area contributed by atoms with Crippen molar-refractivity contribution in [2.45, 2.75) is 32.7 Å². The summed E-state index contributed by atoms with van der Waals surface area (Å²) in [7, 11) is 0. The Kier molecular flexibility index (Phi) is 3.85. The van der Waals surface area contributed by atoms with Gasteiger partial charge in [-0.1, -0.05) is 13.8 Å². The van der Waals surface area contributed by atoms with E-state index < -0.39 is 11.6 Å². The number of hydrogen-bond donors (Lipinski definition) is 1. The molecule has 1 N–H and O–H groups in total. The largest absolute Gasteiger partial charge is 0.493 e. The van der Waals surface area contributed by atoms with Gasteiger partial charge in [-0.3, -0.25) is 0 Å². The van der Waals surface area contributed by atoms with Gasteiger partial charge >= 0.3 is 0 Å². The first-order chi connectivity index (χ1) is 8.44. The number of nitrogens with one attached hydrogen (secondary N) is 1. The molecule has 0 atom stereocenters. The predicted octanol–water partition coefficient (Wildman–Crippen LogP) is 3.12. The van der Waals surface area contributed by atoms with Crippen molar-refractivity contribution >= 4 is 0 Å². The molecule has 18 heavy (non-hydrogen) atoms. The van der Waals surface area contributed by atoms with Gasteiger partial charge < -0.3 is 10.1 Å². The lowest BCUT2D eigenvalue weighted by Gasteiger charge is -2.25. The van der Waals surface area contributed by atoms with Gasteiger partial charge in [0.05, 0.1) is 6.61 Å². The lowest BCUT2D eigenvalue weighted by atomic mass is 9.95. The summed E-state index contributed by atoms with van der Waals surface area (Å²) < 4.78 is 31.4. The van der Waals surface area contributed by atoms with Crippen molar-refractivity contribution in [1.82, 2.24) is 5.32 Å². The maximum Gasteiger partial charge on any atom is 0.129 e. The van der Waals surface area contributed by atoms with E-state index in [0.29, 0.717) is 12.6 Å². The van der Waals surface area contributed by atoms with Crippen LogP contribution in [-0.2, 0) is 0 Å². The van der Waals surface area contributed by atoms with E-state index in [1.165, 1.54) is 25.0 Å². The molecule has 0 saturated heterocycles. The van der Waals surface area contributed by atoms with E-state index in [2.05, 4.69) is 19.2 Å². The lowest BCUT2D eigenvalue weighted by molar-refractivity contribution is 0.175. The summed E-state index contributed by atoms with van der Waals surface area (Å²) in [6, 6.07) is 3.89. The smallest absolute Gasteiger partial charge is 0.129 e. The van der Waals surface area contributed by atoms with Crippen molar-refractivity contribution < 1.29 is 13.5 Å². The van der Waals surface area contributed by atoms with Gasteiger partial charge in [0.1, 0.15) is 17.4 Å². The Balaban J connectivity index is 1.84. The Labute approximate surface area is 106 Å². The van der Waals surface area contributed by atoms with Crippen LogP contribution in [0.5, 0.6) is 5.75 Å². The normalized spacial score (nSPS) is 15.8. The first-order valence-corrected chi connectivity index (χ1v) is 6.27. The Bertz CT molecular complexity index is 396. The SMILES string of the molecule is CC(C)(CNC1CC1)COc1cc(F)cc(F)c1. The van der Waals surface area contributed by atoms with Gasteiger partial charge in [-0.25, -0.2) is 8.78 Å². The van der Waals surface area contributed by atoms with Crippen molar-refractivity contribution in [3.05, 3.63) is 29.8 Å². The Morgan fingerprint density at radius 3 is 2.39 bits per heavy atom. The van der Waals surface area contributed by atoms with Crippen LogP contribution < -0.4 is 10.1 Å². The van der Waals surface area contributed by atoms with E-state index >= 15 is 0 Å². The summed E-state index contributed by atoms with van der Waals surface area (Å²) in [6.07, 6.45) is 2.48. The molecule has 1 saturated carbocycles. The topological polar surface area (TPSA) is 21.3 Å². The highest BCUT2D eigenvalue weighted by Gasteiger charge is 2.25. The van der Waals surface area contributed by atoms with Crippen LogP contribution in [-0.4, -0.2) is 19.2 Å². The highest BCUT2D eigenvalue weighted by molar-refractivity contribution is 5.23. The molecule has 1 aromatic carbocycles. The third-order valence-electron chi connectivity index (χ3n) is 2.91. The van der Waals surface area contributed by atoms with Crippen LogP contribution in [0.4, 0.5) is 8.78 Å². The molecule has 0 heterocycles. The molecule has 0 amide bonds. The molecular weight excluding hydrogens is 236 g/mol. The second-order valence-corrected chi connectivity index (χ2v) is 5.71. The molecular formula is C14H19F2NO. The van der Waals surface area contributed by atoms with E-state index in [9.17, 15) is 8.78 Å². The molecule has 1 aromatic rings. The quantitative estimate of drug-likeness (QED) is 0.843. The van der Waals surface area contributed by atoms with Gasteiger partial charge in [0.2, 0.25) is 0 Å². The van der Waals surface area contributed by atoms with Gasteiger partial charge in [0.25, 0.3) is 0 Å². The number of ether oxygens (including phenoxy) is 1. The molecule has 100 valence electrons. The van der Waals surface area contributed by atoms with Crippen LogP contribution in [0, 0.1) is 17.0 Å². The number of benzene rings is 1. The fraction of sp³-hybridized carbons (Fsp3) is 0.571. The monoisotopic (exact) mass is 255 g/mol. The first kappa shape index (κ1) is 13.3. The molecule has 0 radical (unpaired) electrons. The number of halogens is 2. The van der Waals surface area contributed by atoms with Crippen molar-refractivity contribution in [3.63, 3.8) is 0 Å². The molecule has 0 aliphatic heterocycles. The third-order valence-corrected chi connectivity index (χ3v) is 2.91. The fourth-order valence-electron chi connectivity index (χ4n) is 1.65. The second-order valence-electron chi connectivity index (χ2n) is 5.71. The minimum absolute atomic E-state index is 0.0641. The predicted molar refractivity (Wildman–Crippen MR) is 66.7 cm³/mol. The summed E-state index contributed by atoms with van der Waals surface area (Å²) in [4.78, 5) is 0. The van der Waals surface area contributed by atoms with Crippen LogP contribution in [0.2, 0.25) is 0 Å². The van der Waals surface area contributed by atoms with Gasteiger partial charge in [-0.2, -0.15) is 0 Å². The second kappa shape index (κ2) is 5.22. The Morgan fingerprint density at radius 2 is 1.83 bits per heavy atom. The van der Waals surface area contributed by atoms with Crippen LogP contribution >= 0.6 is 0 Å².